The molecule has 1 aliphatic rings. The molecule has 10 heteroatoms. The van der Waals surface area contributed by atoms with E-state index in [-0.39, 0.29) is 11.9 Å². The lowest BCUT2D eigenvalue weighted by atomic mass is 9.95. The van der Waals surface area contributed by atoms with Crippen LogP contribution in [0.4, 0.5) is 10.9 Å². The van der Waals surface area contributed by atoms with E-state index in [2.05, 4.69) is 15.5 Å². The first-order valence-corrected chi connectivity index (χ1v) is 9.97. The molecule has 1 unspecified atom stereocenters. The van der Waals surface area contributed by atoms with E-state index in [0.29, 0.717) is 15.7 Å². The number of hydrogen-bond acceptors (Lipinski definition) is 7. The van der Waals surface area contributed by atoms with Gasteiger partial charge in [0.1, 0.15) is 11.0 Å². The summed E-state index contributed by atoms with van der Waals surface area (Å²) in [6.07, 6.45) is 5.69. The van der Waals surface area contributed by atoms with Gasteiger partial charge in [0.05, 0.1) is 5.56 Å². The van der Waals surface area contributed by atoms with Crippen LogP contribution in [0.5, 0.6) is 0 Å². The molecule has 2 amide bonds. The van der Waals surface area contributed by atoms with E-state index < -0.39 is 11.9 Å². The SMILES string of the molecule is CSc1nnc(N)n1C(C)C(=O)Nc1sc2c(c1C(N)=O)CCCC2. The lowest BCUT2D eigenvalue weighted by Crippen LogP contribution is -2.26. The topological polar surface area (TPSA) is 129 Å². The van der Waals surface area contributed by atoms with Gasteiger partial charge < -0.3 is 16.8 Å². The molecule has 2 aromatic rings. The molecule has 0 fully saturated rings. The van der Waals surface area contributed by atoms with Crippen LogP contribution in [-0.4, -0.2) is 32.8 Å². The number of carbonyl (C=O) groups excluding carboxylic acids is 2. The number of nitrogen functional groups attached to an aromatic ring is 1. The van der Waals surface area contributed by atoms with Crippen molar-refractivity contribution in [1.29, 1.82) is 0 Å². The smallest absolute Gasteiger partial charge is 0.251 e. The van der Waals surface area contributed by atoms with E-state index in [1.165, 1.54) is 23.1 Å². The summed E-state index contributed by atoms with van der Waals surface area (Å²) in [6.45, 7) is 1.71. The second-order valence-electron chi connectivity index (χ2n) is 5.86. The van der Waals surface area contributed by atoms with Crippen molar-refractivity contribution in [2.75, 3.05) is 17.3 Å². The fraction of sp³-hybridized carbons (Fsp3) is 0.467. The van der Waals surface area contributed by atoms with Crippen molar-refractivity contribution >= 4 is 45.9 Å². The maximum atomic E-state index is 12.7. The Hall–Kier alpha value is -2.07. The van der Waals surface area contributed by atoms with Crippen LogP contribution in [0.2, 0.25) is 0 Å². The van der Waals surface area contributed by atoms with Gasteiger partial charge in [-0.1, -0.05) is 11.8 Å². The summed E-state index contributed by atoms with van der Waals surface area (Å²) in [4.78, 5) is 25.8. The summed E-state index contributed by atoms with van der Waals surface area (Å²) >= 11 is 2.79. The highest BCUT2D eigenvalue weighted by Crippen LogP contribution is 2.38. The zero-order chi connectivity index (χ0) is 18.1. The first-order valence-electron chi connectivity index (χ1n) is 7.93. The highest BCUT2D eigenvalue weighted by atomic mass is 32.2. The van der Waals surface area contributed by atoms with Gasteiger partial charge in [0.15, 0.2) is 5.16 Å². The molecule has 1 aliphatic carbocycles. The van der Waals surface area contributed by atoms with Crippen LogP contribution in [0.25, 0.3) is 0 Å². The number of hydrogen-bond donors (Lipinski definition) is 3. The Bertz CT molecular complexity index is 828. The molecule has 1 atom stereocenters. The van der Waals surface area contributed by atoms with E-state index in [1.54, 1.807) is 11.5 Å². The third-order valence-corrected chi connectivity index (χ3v) is 6.15. The number of thioether (sulfide) groups is 1. The van der Waals surface area contributed by atoms with Gasteiger partial charge in [-0.25, -0.2) is 0 Å². The first-order chi connectivity index (χ1) is 11.9. The molecule has 0 spiro atoms. The number of nitrogens with two attached hydrogens (primary N) is 2. The Morgan fingerprint density at radius 1 is 1.32 bits per heavy atom. The largest absolute Gasteiger partial charge is 0.368 e. The van der Waals surface area contributed by atoms with Gasteiger partial charge >= 0.3 is 0 Å². The Labute approximate surface area is 153 Å². The van der Waals surface area contributed by atoms with Gasteiger partial charge in [-0.3, -0.25) is 14.2 Å². The molecule has 0 aliphatic heterocycles. The van der Waals surface area contributed by atoms with Crippen LogP contribution in [0.1, 0.15) is 46.6 Å². The summed E-state index contributed by atoms with van der Waals surface area (Å²) in [6, 6.07) is -0.614. The van der Waals surface area contributed by atoms with Crippen molar-refractivity contribution in [1.82, 2.24) is 14.8 Å². The van der Waals surface area contributed by atoms with Crippen LogP contribution in [0.15, 0.2) is 5.16 Å². The summed E-state index contributed by atoms with van der Waals surface area (Å²) in [5, 5.41) is 11.7. The van der Waals surface area contributed by atoms with Gasteiger partial charge in [-0.05, 0) is 44.4 Å². The number of nitrogens with one attached hydrogen (secondary N) is 1. The predicted molar refractivity (Wildman–Crippen MR) is 99.0 cm³/mol. The molecule has 134 valence electrons. The average molecular weight is 380 g/mol. The highest BCUT2D eigenvalue weighted by Gasteiger charge is 2.27. The van der Waals surface area contributed by atoms with Crippen LogP contribution in [0.3, 0.4) is 0 Å². The predicted octanol–water partition coefficient (Wildman–Crippen LogP) is 1.82. The number of rotatable bonds is 5. The minimum atomic E-state index is -0.614. The van der Waals surface area contributed by atoms with Gasteiger partial charge in [0, 0.05) is 4.88 Å². The number of anilines is 2. The fourth-order valence-corrected chi connectivity index (χ4v) is 4.91. The molecule has 0 bridgehead atoms. The number of aromatic nitrogens is 3. The first kappa shape index (κ1) is 17.7. The molecule has 0 radical (unpaired) electrons. The van der Waals surface area contributed by atoms with Gasteiger partial charge in [0.2, 0.25) is 11.9 Å². The van der Waals surface area contributed by atoms with Gasteiger partial charge in [0.25, 0.3) is 5.91 Å². The number of aryl methyl sites for hydroxylation is 1. The molecule has 2 heterocycles. The molecule has 0 saturated heterocycles. The third kappa shape index (κ3) is 3.23. The summed E-state index contributed by atoms with van der Waals surface area (Å²) in [5.41, 5.74) is 12.8. The number of fused-ring (bicyclic) bond motifs is 1. The van der Waals surface area contributed by atoms with Crippen molar-refractivity contribution in [3.8, 4) is 0 Å². The Morgan fingerprint density at radius 3 is 2.72 bits per heavy atom. The van der Waals surface area contributed by atoms with Crippen LogP contribution in [0, 0.1) is 0 Å². The zero-order valence-electron chi connectivity index (χ0n) is 14.0. The van der Waals surface area contributed by atoms with Crippen molar-refractivity contribution < 1.29 is 9.59 Å². The number of thiophene rings is 1. The fourth-order valence-electron chi connectivity index (χ4n) is 3.04. The van der Waals surface area contributed by atoms with Gasteiger partial charge in [-0.15, -0.1) is 21.5 Å². The number of amides is 2. The van der Waals surface area contributed by atoms with E-state index in [1.807, 2.05) is 6.26 Å². The normalized spacial score (nSPS) is 14.8. The van der Waals surface area contributed by atoms with E-state index in [9.17, 15) is 9.59 Å². The molecular weight excluding hydrogens is 360 g/mol. The van der Waals surface area contributed by atoms with Crippen LogP contribution >= 0.6 is 23.1 Å². The Balaban J connectivity index is 1.89. The maximum Gasteiger partial charge on any atom is 0.251 e. The van der Waals surface area contributed by atoms with Crippen molar-refractivity contribution in [3.63, 3.8) is 0 Å². The minimum absolute atomic E-state index is 0.174. The second-order valence-corrected chi connectivity index (χ2v) is 7.74. The zero-order valence-corrected chi connectivity index (χ0v) is 15.7. The van der Waals surface area contributed by atoms with Crippen LogP contribution in [-0.2, 0) is 17.6 Å². The Kier molecular flexibility index (Phi) is 5.00. The maximum absolute atomic E-state index is 12.7. The highest BCUT2D eigenvalue weighted by molar-refractivity contribution is 7.98. The summed E-state index contributed by atoms with van der Waals surface area (Å²) < 4.78 is 1.57. The molecule has 0 saturated carbocycles. The third-order valence-electron chi connectivity index (χ3n) is 4.29. The molecule has 2 aromatic heterocycles. The van der Waals surface area contributed by atoms with Gasteiger partial charge in [-0.2, -0.15) is 0 Å². The lowest BCUT2D eigenvalue weighted by molar-refractivity contribution is -0.118. The molecule has 5 N–H and O–H groups in total. The molecule has 8 nitrogen and oxygen atoms in total. The Morgan fingerprint density at radius 2 is 2.04 bits per heavy atom. The van der Waals surface area contributed by atoms with E-state index in [0.717, 1.165) is 36.1 Å². The molecule has 3 rings (SSSR count). The number of primary amides is 1. The second kappa shape index (κ2) is 7.04. The summed E-state index contributed by atoms with van der Waals surface area (Å²) in [7, 11) is 0. The van der Waals surface area contributed by atoms with E-state index >= 15 is 0 Å². The van der Waals surface area contributed by atoms with Crippen LogP contribution < -0.4 is 16.8 Å². The lowest BCUT2D eigenvalue weighted by Gasteiger charge is -2.16. The minimum Gasteiger partial charge on any atom is -0.368 e. The molecule has 0 aromatic carbocycles. The van der Waals surface area contributed by atoms with Crippen molar-refractivity contribution in [3.05, 3.63) is 16.0 Å². The monoisotopic (exact) mass is 380 g/mol. The molecule has 25 heavy (non-hydrogen) atoms. The summed E-state index contributed by atoms with van der Waals surface area (Å²) in [5.74, 6) is -0.619. The van der Waals surface area contributed by atoms with E-state index in [4.69, 9.17) is 11.5 Å². The molecular formula is C15H20N6O2S2. The number of carbonyl (C=O) groups is 2. The van der Waals surface area contributed by atoms with Crippen molar-refractivity contribution in [2.45, 2.75) is 43.8 Å². The van der Waals surface area contributed by atoms with Crippen molar-refractivity contribution in [2.24, 2.45) is 5.73 Å². The number of nitrogens with zero attached hydrogens (tertiary/aromatic N) is 3. The quantitative estimate of drug-likeness (QED) is 0.679. The average Bonchev–Trinajstić information content (AvgIpc) is 3.13. The standard InChI is InChI=1S/C15H20N6O2S2/c1-7(21-14(17)19-20-15(21)24-2)12(23)18-13-10(11(16)22)8-5-3-4-6-9(8)25-13/h7H,3-6H2,1-2H3,(H2,16,22)(H2,17,19)(H,18,23).